The summed E-state index contributed by atoms with van der Waals surface area (Å²) in [5.74, 6) is -0.377. The van der Waals surface area contributed by atoms with Gasteiger partial charge in [-0.1, -0.05) is 23.8 Å². The van der Waals surface area contributed by atoms with Crippen LogP contribution in [0.15, 0.2) is 48.0 Å². The van der Waals surface area contributed by atoms with Gasteiger partial charge in [0.2, 0.25) is 0 Å². The maximum Gasteiger partial charge on any atom is 0.416 e. The van der Waals surface area contributed by atoms with Crippen LogP contribution in [-0.4, -0.2) is 11.1 Å². The molecular weight excluding hydrogens is 385 g/mol. The van der Waals surface area contributed by atoms with E-state index in [2.05, 4.69) is 6.08 Å². The van der Waals surface area contributed by atoms with E-state index in [0.717, 1.165) is 67.5 Å². The van der Waals surface area contributed by atoms with Crippen LogP contribution in [0.3, 0.4) is 0 Å². The van der Waals surface area contributed by atoms with E-state index in [-0.39, 0.29) is 0 Å². The first-order chi connectivity index (χ1) is 13.3. The predicted octanol–water partition coefficient (Wildman–Crippen LogP) is 6.76. The van der Waals surface area contributed by atoms with Crippen LogP contribution >= 0.6 is 11.3 Å². The lowest BCUT2D eigenvalue weighted by Gasteiger charge is -2.15. The lowest BCUT2D eigenvalue weighted by atomic mass is 9.90. The third-order valence-electron chi connectivity index (χ3n) is 5.27. The predicted molar refractivity (Wildman–Crippen MR) is 105 cm³/mol. The average molecular weight is 408 g/mol. The van der Waals surface area contributed by atoms with Crippen molar-refractivity contribution in [2.75, 3.05) is 0 Å². The van der Waals surface area contributed by atoms with Crippen molar-refractivity contribution in [1.82, 2.24) is 0 Å². The van der Waals surface area contributed by atoms with Gasteiger partial charge in [-0.25, -0.2) is 4.79 Å². The number of rotatable bonds is 8. The van der Waals surface area contributed by atoms with Gasteiger partial charge in [0.05, 0.1) is 5.56 Å². The second-order valence-electron chi connectivity index (χ2n) is 7.21. The normalized spacial score (nSPS) is 17.0. The molecule has 1 heterocycles. The van der Waals surface area contributed by atoms with Gasteiger partial charge in [-0.2, -0.15) is 13.2 Å². The molecular formula is C22H23F3O2S. The van der Waals surface area contributed by atoms with Crippen molar-refractivity contribution in [2.24, 2.45) is 5.92 Å². The number of hydrogen-bond acceptors (Lipinski definition) is 2. The second kappa shape index (κ2) is 8.95. The first-order valence-corrected chi connectivity index (χ1v) is 10.3. The number of aromatic carboxylic acids is 1. The van der Waals surface area contributed by atoms with E-state index in [1.165, 1.54) is 16.9 Å². The highest BCUT2D eigenvalue weighted by Crippen LogP contribution is 2.34. The van der Waals surface area contributed by atoms with Gasteiger partial charge in [0.25, 0.3) is 0 Å². The summed E-state index contributed by atoms with van der Waals surface area (Å²) in [6, 6.07) is 9.03. The zero-order chi connectivity index (χ0) is 20.1. The van der Waals surface area contributed by atoms with Gasteiger partial charge < -0.3 is 5.11 Å². The summed E-state index contributed by atoms with van der Waals surface area (Å²) < 4.78 is 37.9. The Balaban J connectivity index is 1.46. The second-order valence-corrected chi connectivity index (χ2v) is 8.38. The zero-order valence-corrected chi connectivity index (χ0v) is 16.3. The number of hydrogen-bond donors (Lipinski definition) is 1. The summed E-state index contributed by atoms with van der Waals surface area (Å²) in [6.45, 7) is 0. The first kappa shape index (κ1) is 20.6. The van der Waals surface area contributed by atoms with Gasteiger partial charge >= 0.3 is 12.1 Å². The molecule has 0 amide bonds. The standard InChI is InChI=1S/C22H23F3O2S/c23-22(24,25)18-11-8-15(9-12-18)7-10-17-4-1-3-16(17)5-2-6-19-13-14-20(28-19)21(26)27/h3,8-9,11-14,17H,1-2,4-7,10H2,(H,26,27)/t17-/m1/s1. The molecule has 0 saturated heterocycles. The van der Waals surface area contributed by atoms with Crippen molar-refractivity contribution in [1.29, 1.82) is 0 Å². The number of carboxylic acid groups (broad SMARTS) is 1. The molecule has 3 rings (SSSR count). The summed E-state index contributed by atoms with van der Waals surface area (Å²) in [5, 5.41) is 8.98. The third kappa shape index (κ3) is 5.47. The van der Waals surface area contributed by atoms with E-state index >= 15 is 0 Å². The molecule has 0 spiro atoms. The fourth-order valence-electron chi connectivity index (χ4n) is 3.75. The Labute approximate surface area is 166 Å². The van der Waals surface area contributed by atoms with Crippen molar-refractivity contribution >= 4 is 17.3 Å². The molecule has 1 aliphatic carbocycles. The topological polar surface area (TPSA) is 37.3 Å². The minimum atomic E-state index is -4.28. The molecule has 2 aromatic rings. The molecule has 0 fully saturated rings. The zero-order valence-electron chi connectivity index (χ0n) is 15.5. The number of carboxylic acids is 1. The van der Waals surface area contributed by atoms with E-state index in [1.807, 2.05) is 6.07 Å². The Kier molecular flexibility index (Phi) is 6.60. The van der Waals surface area contributed by atoms with Crippen LogP contribution in [0.25, 0.3) is 0 Å². The van der Waals surface area contributed by atoms with Gasteiger partial charge in [0.1, 0.15) is 4.88 Å². The highest BCUT2D eigenvalue weighted by Gasteiger charge is 2.30. The number of benzene rings is 1. The van der Waals surface area contributed by atoms with Gasteiger partial charge in [-0.05, 0) is 80.7 Å². The molecule has 1 aromatic heterocycles. The fourth-order valence-corrected chi connectivity index (χ4v) is 4.64. The maximum absolute atomic E-state index is 12.6. The summed E-state index contributed by atoms with van der Waals surface area (Å²) in [4.78, 5) is 12.4. The van der Waals surface area contributed by atoms with Gasteiger partial charge in [0.15, 0.2) is 0 Å². The quantitative estimate of drug-likeness (QED) is 0.490. The van der Waals surface area contributed by atoms with Gasteiger partial charge in [-0.3, -0.25) is 0 Å². The Morgan fingerprint density at radius 2 is 1.82 bits per heavy atom. The smallest absolute Gasteiger partial charge is 0.416 e. The van der Waals surface area contributed by atoms with E-state index in [1.54, 1.807) is 18.2 Å². The Hall–Kier alpha value is -2.08. The Morgan fingerprint density at radius 3 is 2.46 bits per heavy atom. The van der Waals surface area contributed by atoms with Crippen molar-refractivity contribution in [3.63, 3.8) is 0 Å². The SMILES string of the molecule is O=C(O)c1ccc(CCCC2=CCC[C@@H]2CCc2ccc(C(F)(F)F)cc2)s1. The van der Waals surface area contributed by atoms with Crippen molar-refractivity contribution < 1.29 is 23.1 Å². The van der Waals surface area contributed by atoms with Crippen LogP contribution in [0.4, 0.5) is 13.2 Å². The number of alkyl halides is 3. The molecule has 1 N–H and O–H groups in total. The summed E-state index contributed by atoms with van der Waals surface area (Å²) in [7, 11) is 0. The van der Waals surface area contributed by atoms with Crippen molar-refractivity contribution in [2.45, 2.75) is 51.1 Å². The number of halogens is 3. The first-order valence-electron chi connectivity index (χ1n) is 9.50. The summed E-state index contributed by atoms with van der Waals surface area (Å²) in [5.41, 5.74) is 1.79. The minimum absolute atomic E-state index is 0.379. The molecule has 0 unspecified atom stereocenters. The lowest BCUT2D eigenvalue weighted by Crippen LogP contribution is -2.05. The van der Waals surface area contributed by atoms with Crippen LogP contribution in [0.5, 0.6) is 0 Å². The molecule has 0 aliphatic heterocycles. The van der Waals surface area contributed by atoms with E-state index in [0.29, 0.717) is 10.8 Å². The van der Waals surface area contributed by atoms with Crippen LogP contribution in [0.2, 0.25) is 0 Å². The van der Waals surface area contributed by atoms with Crippen LogP contribution in [0.1, 0.15) is 57.8 Å². The number of aryl methyl sites for hydroxylation is 2. The molecule has 1 aliphatic rings. The van der Waals surface area contributed by atoms with E-state index < -0.39 is 17.7 Å². The number of allylic oxidation sites excluding steroid dienone is 2. The largest absolute Gasteiger partial charge is 0.477 e. The Morgan fingerprint density at radius 1 is 1.07 bits per heavy atom. The number of thiophene rings is 1. The van der Waals surface area contributed by atoms with E-state index in [4.69, 9.17) is 5.11 Å². The van der Waals surface area contributed by atoms with Crippen molar-refractivity contribution in [3.8, 4) is 0 Å². The van der Waals surface area contributed by atoms with Crippen molar-refractivity contribution in [3.05, 3.63) is 68.9 Å². The highest BCUT2D eigenvalue weighted by molar-refractivity contribution is 7.13. The molecule has 1 atom stereocenters. The van der Waals surface area contributed by atoms with Gasteiger partial charge in [0, 0.05) is 4.88 Å². The summed E-state index contributed by atoms with van der Waals surface area (Å²) >= 11 is 1.34. The minimum Gasteiger partial charge on any atom is -0.477 e. The molecule has 1 aromatic carbocycles. The molecule has 0 bridgehead atoms. The third-order valence-corrected chi connectivity index (χ3v) is 6.40. The highest BCUT2D eigenvalue weighted by atomic mass is 32.1. The van der Waals surface area contributed by atoms with Crippen LogP contribution in [0, 0.1) is 5.92 Å². The Bertz CT molecular complexity index is 834. The molecule has 0 radical (unpaired) electrons. The van der Waals surface area contributed by atoms with Gasteiger partial charge in [-0.15, -0.1) is 11.3 Å². The molecule has 150 valence electrons. The lowest BCUT2D eigenvalue weighted by molar-refractivity contribution is -0.137. The summed E-state index contributed by atoms with van der Waals surface area (Å²) in [6.07, 6.45) is 4.79. The van der Waals surface area contributed by atoms with E-state index in [9.17, 15) is 18.0 Å². The van der Waals surface area contributed by atoms with Crippen LogP contribution in [-0.2, 0) is 19.0 Å². The molecule has 2 nitrogen and oxygen atoms in total. The fraction of sp³-hybridized carbons (Fsp3) is 0.409. The molecule has 28 heavy (non-hydrogen) atoms. The average Bonchev–Trinajstić information content (AvgIpc) is 3.29. The number of carbonyl (C=O) groups is 1. The molecule has 0 saturated carbocycles. The van der Waals surface area contributed by atoms with Crippen LogP contribution < -0.4 is 0 Å². The monoisotopic (exact) mass is 408 g/mol. The maximum atomic E-state index is 12.6. The molecule has 6 heteroatoms.